The van der Waals surface area contributed by atoms with E-state index in [1.54, 1.807) is 7.11 Å². The summed E-state index contributed by atoms with van der Waals surface area (Å²) in [5.41, 5.74) is 1.05. The third-order valence-electron chi connectivity index (χ3n) is 3.08. The van der Waals surface area contributed by atoms with E-state index in [-0.39, 0.29) is 0 Å². The molecular formula is C16H23N3O. The van der Waals surface area contributed by atoms with Gasteiger partial charge in [-0.3, -0.25) is 0 Å². The molecule has 1 aromatic carbocycles. The van der Waals surface area contributed by atoms with E-state index in [1.807, 2.05) is 6.07 Å². The Labute approximate surface area is 120 Å². The van der Waals surface area contributed by atoms with Crippen LogP contribution in [0.25, 0.3) is 10.8 Å². The van der Waals surface area contributed by atoms with E-state index in [4.69, 9.17) is 9.72 Å². The molecule has 0 amide bonds. The van der Waals surface area contributed by atoms with Crippen molar-refractivity contribution in [1.29, 1.82) is 0 Å². The molecule has 0 spiro atoms. The Morgan fingerprint density at radius 1 is 1.25 bits per heavy atom. The number of methoxy groups -OCH3 is 1. The molecular weight excluding hydrogens is 250 g/mol. The lowest BCUT2D eigenvalue weighted by atomic mass is 10.1. The van der Waals surface area contributed by atoms with Crippen molar-refractivity contribution in [2.24, 2.45) is 0 Å². The Morgan fingerprint density at radius 2 is 2.05 bits per heavy atom. The van der Waals surface area contributed by atoms with E-state index in [9.17, 15) is 0 Å². The van der Waals surface area contributed by atoms with Crippen LogP contribution in [0.1, 0.15) is 19.5 Å². The van der Waals surface area contributed by atoms with Crippen LogP contribution in [0, 0.1) is 0 Å². The molecule has 2 N–H and O–H groups in total. The largest absolute Gasteiger partial charge is 0.383 e. The number of hydrogen-bond acceptors (Lipinski definition) is 4. The molecule has 0 radical (unpaired) electrons. The van der Waals surface area contributed by atoms with Crippen LogP contribution < -0.4 is 10.6 Å². The summed E-state index contributed by atoms with van der Waals surface area (Å²) >= 11 is 0. The van der Waals surface area contributed by atoms with E-state index < -0.39 is 0 Å². The van der Waals surface area contributed by atoms with Crippen molar-refractivity contribution in [3.8, 4) is 0 Å². The average Bonchev–Trinajstić information content (AvgIpc) is 2.45. The lowest BCUT2D eigenvalue weighted by Gasteiger charge is -2.13. The fourth-order valence-electron chi connectivity index (χ4n) is 2.06. The molecule has 1 heterocycles. The highest BCUT2D eigenvalue weighted by atomic mass is 16.5. The minimum atomic E-state index is 0.452. The number of rotatable bonds is 7. The maximum Gasteiger partial charge on any atom is 0.134 e. The van der Waals surface area contributed by atoms with E-state index in [0.717, 1.165) is 30.0 Å². The number of benzene rings is 1. The number of ether oxygens (including phenoxy) is 1. The van der Waals surface area contributed by atoms with Crippen molar-refractivity contribution in [3.63, 3.8) is 0 Å². The van der Waals surface area contributed by atoms with Crippen LogP contribution in [-0.4, -0.2) is 31.3 Å². The first-order chi connectivity index (χ1) is 9.70. The zero-order valence-corrected chi connectivity index (χ0v) is 12.4. The number of anilines is 1. The van der Waals surface area contributed by atoms with Crippen molar-refractivity contribution in [1.82, 2.24) is 10.3 Å². The van der Waals surface area contributed by atoms with E-state index >= 15 is 0 Å². The average molecular weight is 273 g/mol. The van der Waals surface area contributed by atoms with E-state index in [2.05, 4.69) is 48.7 Å². The van der Waals surface area contributed by atoms with Gasteiger partial charge in [-0.1, -0.05) is 38.1 Å². The molecule has 0 aliphatic rings. The first-order valence-corrected chi connectivity index (χ1v) is 7.05. The first kappa shape index (κ1) is 14.8. The first-order valence-electron chi connectivity index (χ1n) is 7.05. The molecule has 4 heteroatoms. The molecule has 0 atom stereocenters. The number of nitrogens with zero attached hydrogens (tertiary/aromatic N) is 1. The highest BCUT2D eigenvalue weighted by Gasteiger charge is 2.06. The summed E-state index contributed by atoms with van der Waals surface area (Å²) in [6.07, 6.45) is 0. The minimum Gasteiger partial charge on any atom is -0.383 e. The predicted molar refractivity (Wildman–Crippen MR) is 84.1 cm³/mol. The van der Waals surface area contributed by atoms with Crippen molar-refractivity contribution in [2.45, 2.75) is 26.4 Å². The van der Waals surface area contributed by atoms with Crippen molar-refractivity contribution >= 4 is 16.6 Å². The standard InChI is InChI=1S/C16H23N3O/c1-12(2)18-11-14-10-13-6-4-5-7-15(13)16(19-14)17-8-9-20-3/h4-7,10,12,18H,8-9,11H2,1-3H3,(H,17,19). The van der Waals surface area contributed by atoms with Gasteiger partial charge in [0.2, 0.25) is 0 Å². The second kappa shape index (κ2) is 7.22. The minimum absolute atomic E-state index is 0.452. The molecule has 0 fully saturated rings. The molecule has 4 nitrogen and oxygen atoms in total. The quantitative estimate of drug-likeness (QED) is 0.762. The van der Waals surface area contributed by atoms with Gasteiger partial charge in [0.05, 0.1) is 12.3 Å². The summed E-state index contributed by atoms with van der Waals surface area (Å²) in [5.74, 6) is 0.931. The normalized spacial score (nSPS) is 11.2. The molecule has 20 heavy (non-hydrogen) atoms. The van der Waals surface area contributed by atoms with Crippen LogP contribution in [0.15, 0.2) is 30.3 Å². The summed E-state index contributed by atoms with van der Waals surface area (Å²) in [6, 6.07) is 10.9. The van der Waals surface area contributed by atoms with Gasteiger partial charge in [0.25, 0.3) is 0 Å². The Balaban J connectivity index is 2.26. The highest BCUT2D eigenvalue weighted by molar-refractivity contribution is 5.92. The van der Waals surface area contributed by atoms with Gasteiger partial charge in [0.15, 0.2) is 0 Å². The van der Waals surface area contributed by atoms with Gasteiger partial charge in [-0.05, 0) is 11.5 Å². The summed E-state index contributed by atoms with van der Waals surface area (Å²) < 4.78 is 5.08. The topological polar surface area (TPSA) is 46.2 Å². The van der Waals surface area contributed by atoms with E-state index in [0.29, 0.717) is 12.6 Å². The molecule has 0 saturated heterocycles. The molecule has 0 saturated carbocycles. The highest BCUT2D eigenvalue weighted by Crippen LogP contribution is 2.22. The van der Waals surface area contributed by atoms with Crippen LogP contribution in [0.3, 0.4) is 0 Å². The van der Waals surface area contributed by atoms with Crippen LogP contribution >= 0.6 is 0 Å². The van der Waals surface area contributed by atoms with Crippen LogP contribution in [0.4, 0.5) is 5.82 Å². The maximum absolute atomic E-state index is 5.08. The molecule has 0 unspecified atom stereocenters. The third kappa shape index (κ3) is 3.92. The molecule has 2 rings (SSSR count). The fraction of sp³-hybridized carbons (Fsp3) is 0.438. The molecule has 108 valence electrons. The summed E-state index contributed by atoms with van der Waals surface area (Å²) in [4.78, 5) is 4.72. The maximum atomic E-state index is 5.08. The summed E-state index contributed by atoms with van der Waals surface area (Å²) in [5, 5.41) is 9.12. The van der Waals surface area contributed by atoms with Crippen LogP contribution in [0.5, 0.6) is 0 Å². The van der Waals surface area contributed by atoms with Gasteiger partial charge >= 0.3 is 0 Å². The SMILES string of the molecule is COCCNc1nc(CNC(C)C)cc2ccccc12. The van der Waals surface area contributed by atoms with Gasteiger partial charge in [-0.25, -0.2) is 4.98 Å². The number of fused-ring (bicyclic) bond motifs is 1. The monoisotopic (exact) mass is 273 g/mol. The lowest BCUT2D eigenvalue weighted by molar-refractivity contribution is 0.210. The molecule has 0 aliphatic carbocycles. The molecule has 0 aliphatic heterocycles. The number of pyridine rings is 1. The third-order valence-corrected chi connectivity index (χ3v) is 3.08. The van der Waals surface area contributed by atoms with E-state index in [1.165, 1.54) is 5.39 Å². The Morgan fingerprint density at radius 3 is 2.80 bits per heavy atom. The van der Waals surface area contributed by atoms with Gasteiger partial charge in [0, 0.05) is 31.6 Å². The summed E-state index contributed by atoms with van der Waals surface area (Å²) in [6.45, 7) is 6.48. The smallest absolute Gasteiger partial charge is 0.134 e. The van der Waals surface area contributed by atoms with Gasteiger partial charge < -0.3 is 15.4 Å². The second-order valence-electron chi connectivity index (χ2n) is 5.14. The summed E-state index contributed by atoms with van der Waals surface area (Å²) in [7, 11) is 1.70. The zero-order chi connectivity index (χ0) is 14.4. The lowest BCUT2D eigenvalue weighted by Crippen LogP contribution is -2.22. The fourth-order valence-corrected chi connectivity index (χ4v) is 2.06. The van der Waals surface area contributed by atoms with Gasteiger partial charge in [0.1, 0.15) is 5.82 Å². The Bertz CT molecular complexity index is 554. The number of nitrogens with one attached hydrogen (secondary N) is 2. The van der Waals surface area contributed by atoms with Gasteiger partial charge in [-0.15, -0.1) is 0 Å². The van der Waals surface area contributed by atoms with Crippen molar-refractivity contribution in [2.75, 3.05) is 25.6 Å². The molecule has 1 aromatic heterocycles. The zero-order valence-electron chi connectivity index (χ0n) is 12.4. The van der Waals surface area contributed by atoms with Crippen LogP contribution in [-0.2, 0) is 11.3 Å². The van der Waals surface area contributed by atoms with Crippen LogP contribution in [0.2, 0.25) is 0 Å². The van der Waals surface area contributed by atoms with Crippen molar-refractivity contribution in [3.05, 3.63) is 36.0 Å². The Hall–Kier alpha value is -1.65. The number of aromatic nitrogens is 1. The molecule has 0 bridgehead atoms. The Kier molecular flexibility index (Phi) is 5.32. The second-order valence-corrected chi connectivity index (χ2v) is 5.14. The van der Waals surface area contributed by atoms with Crippen molar-refractivity contribution < 1.29 is 4.74 Å². The van der Waals surface area contributed by atoms with Gasteiger partial charge in [-0.2, -0.15) is 0 Å². The predicted octanol–water partition coefficient (Wildman–Crippen LogP) is 2.79. The molecule has 2 aromatic rings. The number of hydrogen-bond donors (Lipinski definition) is 2.